The third kappa shape index (κ3) is 2.52. The normalized spacial score (nSPS) is 13.4. The molecule has 0 atom stereocenters. The average molecular weight is 335 g/mol. The molecule has 126 valence electrons. The van der Waals surface area contributed by atoms with Crippen LogP contribution >= 0.6 is 0 Å². The van der Waals surface area contributed by atoms with Gasteiger partial charge in [0.15, 0.2) is 0 Å². The second-order valence-corrected chi connectivity index (χ2v) is 6.04. The number of halogens is 1. The number of fused-ring (bicyclic) bond motifs is 1. The quantitative estimate of drug-likeness (QED) is 0.794. The van der Waals surface area contributed by atoms with Gasteiger partial charge < -0.3 is 9.88 Å². The van der Waals surface area contributed by atoms with Crippen LogP contribution in [-0.4, -0.2) is 22.0 Å². The molecule has 0 unspecified atom stereocenters. The van der Waals surface area contributed by atoms with Gasteiger partial charge in [0.1, 0.15) is 5.82 Å². The van der Waals surface area contributed by atoms with E-state index in [2.05, 4.69) is 21.8 Å². The summed E-state index contributed by atoms with van der Waals surface area (Å²) in [6, 6.07) is 10.2. The Hall–Kier alpha value is -2.95. The molecule has 25 heavy (non-hydrogen) atoms. The highest BCUT2D eigenvalue weighted by molar-refractivity contribution is 6.07. The van der Waals surface area contributed by atoms with E-state index in [9.17, 15) is 9.18 Å². The second kappa shape index (κ2) is 6.16. The molecule has 1 aliphatic heterocycles. The molecule has 0 spiro atoms. The summed E-state index contributed by atoms with van der Waals surface area (Å²) >= 11 is 0. The number of nitrogens with one attached hydrogen (secondary N) is 1. The van der Waals surface area contributed by atoms with Gasteiger partial charge in [-0.2, -0.15) is 0 Å². The Kier molecular flexibility index (Phi) is 3.84. The van der Waals surface area contributed by atoms with E-state index >= 15 is 0 Å². The molecule has 0 radical (unpaired) electrons. The van der Waals surface area contributed by atoms with Gasteiger partial charge >= 0.3 is 0 Å². The number of pyridine rings is 1. The Morgan fingerprint density at radius 1 is 1.08 bits per heavy atom. The van der Waals surface area contributed by atoms with Crippen molar-refractivity contribution in [2.45, 2.75) is 19.9 Å². The van der Waals surface area contributed by atoms with Crippen LogP contribution in [-0.2, 0) is 13.0 Å². The molecule has 1 aliphatic rings. The van der Waals surface area contributed by atoms with E-state index in [0.717, 1.165) is 41.0 Å². The second-order valence-electron chi connectivity index (χ2n) is 6.04. The molecule has 0 bridgehead atoms. The molecule has 4 nitrogen and oxygen atoms in total. The minimum Gasteiger partial charge on any atom is -0.352 e. The molecule has 1 N–H and O–H groups in total. The van der Waals surface area contributed by atoms with Gasteiger partial charge in [0.2, 0.25) is 0 Å². The number of hydrogen-bond acceptors (Lipinski definition) is 2. The van der Waals surface area contributed by atoms with Crippen molar-refractivity contribution in [3.8, 4) is 22.4 Å². The highest BCUT2D eigenvalue weighted by Gasteiger charge is 2.30. The van der Waals surface area contributed by atoms with Gasteiger partial charge in [0.25, 0.3) is 5.91 Å². The first-order chi connectivity index (χ1) is 12.2. The van der Waals surface area contributed by atoms with Gasteiger partial charge in [-0.25, -0.2) is 4.39 Å². The molecule has 3 heterocycles. The first-order valence-corrected chi connectivity index (χ1v) is 8.40. The predicted molar refractivity (Wildman–Crippen MR) is 94.8 cm³/mol. The molecular formula is C20H18FN3O. The van der Waals surface area contributed by atoms with Crippen molar-refractivity contribution in [2.24, 2.45) is 0 Å². The highest BCUT2D eigenvalue weighted by Crippen LogP contribution is 2.40. The molecular weight excluding hydrogens is 317 g/mol. The molecule has 0 fully saturated rings. The zero-order valence-electron chi connectivity index (χ0n) is 13.9. The largest absolute Gasteiger partial charge is 0.352 e. The van der Waals surface area contributed by atoms with Crippen molar-refractivity contribution in [1.29, 1.82) is 0 Å². The lowest BCUT2D eigenvalue weighted by Gasteiger charge is -2.16. The summed E-state index contributed by atoms with van der Waals surface area (Å²) in [7, 11) is 0. The van der Waals surface area contributed by atoms with E-state index in [1.165, 1.54) is 12.1 Å². The Bertz CT molecular complexity index is 930. The minimum atomic E-state index is -0.289. The van der Waals surface area contributed by atoms with E-state index in [1.807, 2.05) is 12.1 Å². The van der Waals surface area contributed by atoms with Gasteiger partial charge in [-0.05, 0) is 36.8 Å². The number of rotatable bonds is 3. The third-order valence-corrected chi connectivity index (χ3v) is 4.65. The summed E-state index contributed by atoms with van der Waals surface area (Å²) in [6.45, 7) is 3.47. The SMILES string of the molecule is CCn1c2c(c(-c3ccc(F)cc3)c1-c1ccncc1)C(=O)NCC2. The maximum absolute atomic E-state index is 13.4. The summed E-state index contributed by atoms with van der Waals surface area (Å²) in [4.78, 5) is 16.7. The Labute approximate surface area is 145 Å². The van der Waals surface area contributed by atoms with Crippen molar-refractivity contribution in [1.82, 2.24) is 14.9 Å². The summed E-state index contributed by atoms with van der Waals surface area (Å²) in [5, 5.41) is 2.94. The van der Waals surface area contributed by atoms with Crippen LogP contribution in [0.3, 0.4) is 0 Å². The van der Waals surface area contributed by atoms with Crippen molar-refractivity contribution in [3.05, 3.63) is 65.9 Å². The van der Waals surface area contributed by atoms with Crippen LogP contribution in [0.5, 0.6) is 0 Å². The fourth-order valence-electron chi connectivity index (χ4n) is 3.61. The van der Waals surface area contributed by atoms with Crippen molar-refractivity contribution in [2.75, 3.05) is 6.54 Å². The van der Waals surface area contributed by atoms with Crippen LogP contribution < -0.4 is 5.32 Å². The lowest BCUT2D eigenvalue weighted by molar-refractivity contribution is 0.0946. The molecule has 0 saturated carbocycles. The minimum absolute atomic E-state index is 0.0666. The summed E-state index contributed by atoms with van der Waals surface area (Å²) in [5.74, 6) is -0.356. The summed E-state index contributed by atoms with van der Waals surface area (Å²) < 4.78 is 15.6. The van der Waals surface area contributed by atoms with Crippen LogP contribution in [0.15, 0.2) is 48.8 Å². The average Bonchev–Trinajstić information content (AvgIpc) is 2.99. The zero-order valence-corrected chi connectivity index (χ0v) is 13.9. The number of amides is 1. The standard InChI is InChI=1S/C20H18FN3O/c1-2-24-16-9-12-23-20(25)18(16)17(13-3-5-15(21)6-4-13)19(24)14-7-10-22-11-8-14/h3-8,10-11H,2,9,12H2,1H3,(H,23,25). The van der Waals surface area contributed by atoms with E-state index in [0.29, 0.717) is 12.1 Å². The van der Waals surface area contributed by atoms with Gasteiger partial charge in [0, 0.05) is 48.7 Å². The Morgan fingerprint density at radius 3 is 2.48 bits per heavy atom. The zero-order chi connectivity index (χ0) is 17.4. The molecule has 1 aromatic carbocycles. The smallest absolute Gasteiger partial charge is 0.253 e. The first-order valence-electron chi connectivity index (χ1n) is 8.40. The molecule has 0 saturated heterocycles. The van der Waals surface area contributed by atoms with Crippen molar-refractivity contribution in [3.63, 3.8) is 0 Å². The molecule has 2 aromatic heterocycles. The molecule has 5 heteroatoms. The number of hydrogen-bond donors (Lipinski definition) is 1. The first kappa shape index (κ1) is 15.6. The van der Waals surface area contributed by atoms with E-state index in [1.54, 1.807) is 24.5 Å². The van der Waals surface area contributed by atoms with E-state index in [4.69, 9.17) is 0 Å². The van der Waals surface area contributed by atoms with Crippen LogP contribution in [0.2, 0.25) is 0 Å². The molecule has 3 aromatic rings. The number of nitrogens with zero attached hydrogens (tertiary/aromatic N) is 2. The van der Waals surface area contributed by atoms with Gasteiger partial charge in [0.05, 0.1) is 11.3 Å². The monoisotopic (exact) mass is 335 g/mol. The number of aromatic nitrogens is 2. The molecule has 4 rings (SSSR count). The molecule has 0 aliphatic carbocycles. The number of carbonyl (C=O) groups excluding carboxylic acids is 1. The number of benzene rings is 1. The van der Waals surface area contributed by atoms with Crippen molar-refractivity contribution >= 4 is 5.91 Å². The van der Waals surface area contributed by atoms with Crippen LogP contribution in [0.25, 0.3) is 22.4 Å². The fourth-order valence-corrected chi connectivity index (χ4v) is 3.61. The fraction of sp³-hybridized carbons (Fsp3) is 0.200. The summed E-state index contributed by atoms with van der Waals surface area (Å²) in [5.41, 5.74) is 5.43. The number of carbonyl (C=O) groups is 1. The van der Waals surface area contributed by atoms with Gasteiger partial charge in [-0.1, -0.05) is 12.1 Å². The van der Waals surface area contributed by atoms with Crippen LogP contribution in [0.4, 0.5) is 4.39 Å². The topological polar surface area (TPSA) is 46.9 Å². The van der Waals surface area contributed by atoms with E-state index < -0.39 is 0 Å². The lowest BCUT2D eigenvalue weighted by Crippen LogP contribution is -2.32. The summed E-state index contributed by atoms with van der Waals surface area (Å²) in [6.07, 6.45) is 4.28. The van der Waals surface area contributed by atoms with Gasteiger partial charge in [-0.15, -0.1) is 0 Å². The highest BCUT2D eigenvalue weighted by atomic mass is 19.1. The Balaban J connectivity index is 2.08. The van der Waals surface area contributed by atoms with Crippen LogP contribution in [0.1, 0.15) is 23.0 Å². The van der Waals surface area contributed by atoms with Gasteiger partial charge in [-0.3, -0.25) is 9.78 Å². The Morgan fingerprint density at radius 2 is 1.80 bits per heavy atom. The lowest BCUT2D eigenvalue weighted by atomic mass is 9.95. The predicted octanol–water partition coefficient (Wildman–Crippen LogP) is 3.66. The van der Waals surface area contributed by atoms with Crippen molar-refractivity contribution < 1.29 is 9.18 Å². The van der Waals surface area contributed by atoms with Crippen LogP contribution in [0, 0.1) is 5.82 Å². The third-order valence-electron chi connectivity index (χ3n) is 4.65. The van der Waals surface area contributed by atoms with E-state index in [-0.39, 0.29) is 11.7 Å². The molecule has 1 amide bonds. The maximum atomic E-state index is 13.4. The maximum Gasteiger partial charge on any atom is 0.253 e.